The lowest BCUT2D eigenvalue weighted by Crippen LogP contribution is -1.98. The topological polar surface area (TPSA) is 103 Å². The van der Waals surface area contributed by atoms with Crippen LogP contribution in [0.3, 0.4) is 0 Å². The fourth-order valence-corrected chi connectivity index (χ4v) is 3.76. The molecule has 0 aliphatic heterocycles. The molecule has 3 heterocycles. The molecule has 0 radical (unpaired) electrons. The number of nitrogens with zero attached hydrogens (tertiary/aromatic N) is 4. The molecule has 0 aliphatic rings. The molecule has 0 amide bonds. The van der Waals surface area contributed by atoms with E-state index in [1.165, 1.54) is 5.56 Å². The summed E-state index contributed by atoms with van der Waals surface area (Å²) in [5.41, 5.74) is 11.8. The van der Waals surface area contributed by atoms with Crippen molar-refractivity contribution in [3.05, 3.63) is 78.1 Å². The number of anilines is 1. The van der Waals surface area contributed by atoms with Gasteiger partial charge in [0.2, 0.25) is 0 Å². The molecule has 3 aromatic heterocycles. The van der Waals surface area contributed by atoms with Crippen molar-refractivity contribution in [2.45, 2.75) is 26.4 Å². The number of imidazole rings is 1. The van der Waals surface area contributed by atoms with Crippen LogP contribution in [0.5, 0.6) is 0 Å². The highest BCUT2D eigenvalue weighted by Gasteiger charge is 2.13. The number of aromatic nitrogens is 5. The minimum absolute atomic E-state index is 0.448. The Labute approximate surface area is 185 Å². The second-order valence-electron chi connectivity index (χ2n) is 7.80. The highest BCUT2D eigenvalue weighted by molar-refractivity contribution is 6.07. The largest absolute Gasteiger partial charge is 0.382 e. The van der Waals surface area contributed by atoms with Crippen LogP contribution in [0.1, 0.15) is 23.6 Å². The maximum absolute atomic E-state index is 6.25. The summed E-state index contributed by atoms with van der Waals surface area (Å²) in [6, 6.07) is 16.3. The second kappa shape index (κ2) is 8.72. The lowest BCUT2D eigenvalue weighted by molar-refractivity contribution is 0.118. The van der Waals surface area contributed by atoms with Crippen LogP contribution in [0.15, 0.2) is 60.9 Å². The molecule has 7 heteroatoms. The SMILES string of the molecule is Cc1ncc(-c2ccc3c(c2)nc(N)c2[nH]c(CCCOCc4ccccc4)nc23)cn1. The molecule has 7 nitrogen and oxygen atoms in total. The fourth-order valence-electron chi connectivity index (χ4n) is 3.76. The number of fused-ring (bicyclic) bond motifs is 3. The fraction of sp³-hybridized carbons (Fsp3) is 0.200. The van der Waals surface area contributed by atoms with Gasteiger partial charge >= 0.3 is 0 Å². The van der Waals surface area contributed by atoms with Crippen molar-refractivity contribution >= 4 is 27.8 Å². The molecule has 0 bridgehead atoms. The molecule has 0 atom stereocenters. The van der Waals surface area contributed by atoms with Crippen LogP contribution in [0.2, 0.25) is 0 Å². The summed E-state index contributed by atoms with van der Waals surface area (Å²) < 4.78 is 5.78. The normalized spacial score (nSPS) is 11.4. The van der Waals surface area contributed by atoms with E-state index in [9.17, 15) is 0 Å². The molecule has 3 N–H and O–H groups in total. The van der Waals surface area contributed by atoms with Gasteiger partial charge in [-0.25, -0.2) is 19.9 Å². The lowest BCUT2D eigenvalue weighted by Gasteiger charge is -2.05. The summed E-state index contributed by atoms with van der Waals surface area (Å²) in [5, 5.41) is 0.966. The minimum atomic E-state index is 0.448. The number of nitrogens with two attached hydrogens (primary N) is 1. The van der Waals surface area contributed by atoms with E-state index >= 15 is 0 Å². The number of ether oxygens (including phenoxy) is 1. The molecule has 5 aromatic rings. The highest BCUT2D eigenvalue weighted by Crippen LogP contribution is 2.29. The number of hydrogen-bond acceptors (Lipinski definition) is 6. The molecular formula is C25H24N6O. The van der Waals surface area contributed by atoms with Crippen LogP contribution in [0.4, 0.5) is 5.82 Å². The van der Waals surface area contributed by atoms with Gasteiger partial charge in [0.25, 0.3) is 0 Å². The third kappa shape index (κ3) is 4.15. The van der Waals surface area contributed by atoms with E-state index in [2.05, 4.69) is 32.1 Å². The third-order valence-electron chi connectivity index (χ3n) is 5.43. The van der Waals surface area contributed by atoms with Crippen LogP contribution >= 0.6 is 0 Å². The van der Waals surface area contributed by atoms with Gasteiger partial charge in [0.05, 0.1) is 12.1 Å². The van der Waals surface area contributed by atoms with E-state index in [1.807, 2.05) is 55.7 Å². The molecule has 2 aromatic carbocycles. The number of pyridine rings is 1. The number of nitrogens with one attached hydrogen (secondary N) is 1. The first-order chi connectivity index (χ1) is 15.7. The van der Waals surface area contributed by atoms with E-state index < -0.39 is 0 Å². The molecule has 5 rings (SSSR count). The summed E-state index contributed by atoms with van der Waals surface area (Å²) in [6.07, 6.45) is 5.29. The van der Waals surface area contributed by atoms with Gasteiger partial charge < -0.3 is 15.5 Å². The molecule has 0 unspecified atom stereocenters. The van der Waals surface area contributed by atoms with Crippen molar-refractivity contribution in [1.29, 1.82) is 0 Å². The number of rotatable bonds is 7. The van der Waals surface area contributed by atoms with Gasteiger partial charge in [-0.2, -0.15) is 0 Å². The summed E-state index contributed by atoms with van der Waals surface area (Å²) in [6.45, 7) is 3.16. The monoisotopic (exact) mass is 424 g/mol. The van der Waals surface area contributed by atoms with Gasteiger partial charge in [-0.15, -0.1) is 0 Å². The Kier molecular flexibility index (Phi) is 5.47. The van der Waals surface area contributed by atoms with Gasteiger partial charge in [0, 0.05) is 36.4 Å². The number of aromatic amines is 1. The molecule has 0 spiro atoms. The Morgan fingerprint density at radius 2 is 1.78 bits per heavy atom. The van der Waals surface area contributed by atoms with E-state index in [1.54, 1.807) is 0 Å². The average Bonchev–Trinajstić information content (AvgIpc) is 3.25. The van der Waals surface area contributed by atoms with Gasteiger partial charge in [-0.3, -0.25) is 0 Å². The quantitative estimate of drug-likeness (QED) is 0.370. The highest BCUT2D eigenvalue weighted by atomic mass is 16.5. The zero-order valence-electron chi connectivity index (χ0n) is 17.9. The maximum atomic E-state index is 6.25. The predicted molar refractivity (Wildman–Crippen MR) is 126 cm³/mol. The van der Waals surface area contributed by atoms with Crippen molar-refractivity contribution in [1.82, 2.24) is 24.9 Å². The Balaban J connectivity index is 1.33. The first kappa shape index (κ1) is 20.1. The number of H-pyrrole nitrogens is 1. The summed E-state index contributed by atoms with van der Waals surface area (Å²) in [5.74, 6) is 2.08. The van der Waals surface area contributed by atoms with Crippen molar-refractivity contribution in [3.8, 4) is 11.1 Å². The molecule has 0 saturated carbocycles. The zero-order chi connectivity index (χ0) is 21.9. The first-order valence-electron chi connectivity index (χ1n) is 10.7. The minimum Gasteiger partial charge on any atom is -0.382 e. The molecule has 0 fully saturated rings. The summed E-state index contributed by atoms with van der Waals surface area (Å²) >= 11 is 0. The molecule has 160 valence electrons. The van der Waals surface area contributed by atoms with E-state index in [0.717, 1.165) is 57.6 Å². The van der Waals surface area contributed by atoms with Crippen molar-refractivity contribution in [2.75, 3.05) is 12.3 Å². The summed E-state index contributed by atoms with van der Waals surface area (Å²) in [4.78, 5) is 21.3. The maximum Gasteiger partial charge on any atom is 0.150 e. The van der Waals surface area contributed by atoms with Gasteiger partial charge in [0.1, 0.15) is 28.5 Å². The van der Waals surface area contributed by atoms with Crippen LogP contribution in [0.25, 0.3) is 33.1 Å². The number of aryl methyl sites for hydroxylation is 2. The standard InChI is InChI=1S/C25H24N6O/c1-16-27-13-19(14-28-16)18-9-10-20-21(12-18)29-25(26)24-23(20)30-22(31-24)8-5-11-32-15-17-6-3-2-4-7-17/h2-4,6-7,9-10,12-14H,5,8,11,15H2,1H3,(H2,26,29)(H,30,31). The van der Waals surface area contributed by atoms with Crippen LogP contribution in [-0.2, 0) is 17.8 Å². The Hall–Kier alpha value is -3.84. The zero-order valence-corrected chi connectivity index (χ0v) is 17.9. The Morgan fingerprint density at radius 1 is 0.969 bits per heavy atom. The number of benzene rings is 2. The second-order valence-corrected chi connectivity index (χ2v) is 7.80. The molecule has 0 saturated heterocycles. The molecule has 32 heavy (non-hydrogen) atoms. The van der Waals surface area contributed by atoms with Crippen molar-refractivity contribution < 1.29 is 4.74 Å². The third-order valence-corrected chi connectivity index (χ3v) is 5.43. The van der Waals surface area contributed by atoms with Crippen LogP contribution in [0, 0.1) is 6.92 Å². The summed E-state index contributed by atoms with van der Waals surface area (Å²) in [7, 11) is 0. The van der Waals surface area contributed by atoms with Crippen LogP contribution < -0.4 is 5.73 Å². The lowest BCUT2D eigenvalue weighted by atomic mass is 10.1. The predicted octanol–water partition coefficient (Wildman–Crippen LogP) is 4.61. The number of nitrogen functional groups attached to an aromatic ring is 1. The van der Waals surface area contributed by atoms with Gasteiger partial charge in [-0.1, -0.05) is 36.4 Å². The van der Waals surface area contributed by atoms with Crippen molar-refractivity contribution in [2.24, 2.45) is 0 Å². The average molecular weight is 425 g/mol. The smallest absolute Gasteiger partial charge is 0.150 e. The van der Waals surface area contributed by atoms with E-state index in [4.69, 9.17) is 15.5 Å². The molecular weight excluding hydrogens is 400 g/mol. The van der Waals surface area contributed by atoms with E-state index in [0.29, 0.717) is 19.0 Å². The first-order valence-corrected chi connectivity index (χ1v) is 10.7. The Morgan fingerprint density at radius 3 is 2.59 bits per heavy atom. The van der Waals surface area contributed by atoms with Gasteiger partial charge in [-0.05, 0) is 36.6 Å². The number of hydrogen-bond donors (Lipinski definition) is 2. The van der Waals surface area contributed by atoms with Crippen molar-refractivity contribution in [3.63, 3.8) is 0 Å². The van der Waals surface area contributed by atoms with E-state index in [-0.39, 0.29) is 0 Å². The van der Waals surface area contributed by atoms with Crippen LogP contribution in [-0.4, -0.2) is 31.5 Å². The molecule has 0 aliphatic carbocycles. The van der Waals surface area contributed by atoms with Gasteiger partial charge in [0.15, 0.2) is 0 Å². The Bertz CT molecular complexity index is 1360.